The summed E-state index contributed by atoms with van der Waals surface area (Å²) in [4.78, 5) is 0.258. The van der Waals surface area contributed by atoms with E-state index in [2.05, 4.69) is 4.72 Å². The quantitative estimate of drug-likeness (QED) is 0.554. The molecule has 0 fully saturated rings. The van der Waals surface area contributed by atoms with E-state index >= 15 is 0 Å². The Morgan fingerprint density at radius 2 is 1.12 bits per heavy atom. The molecule has 0 radical (unpaired) electrons. The van der Waals surface area contributed by atoms with Gasteiger partial charge in [0.25, 0.3) is 10.0 Å². The van der Waals surface area contributed by atoms with Gasteiger partial charge in [-0.2, -0.15) is 0 Å². The van der Waals surface area contributed by atoms with E-state index in [9.17, 15) is 8.42 Å². The molecule has 0 spiro atoms. The lowest BCUT2D eigenvalue weighted by atomic mass is 10.1. The average molecular weight is 374 g/mol. The van der Waals surface area contributed by atoms with Crippen molar-refractivity contribution in [2.45, 2.75) is 46.4 Å². The summed E-state index contributed by atoms with van der Waals surface area (Å²) in [5.41, 5.74) is 0.563. The van der Waals surface area contributed by atoms with Crippen LogP contribution in [0.15, 0.2) is 77.7 Å². The van der Waals surface area contributed by atoms with Crippen LogP contribution in [0.5, 0.6) is 0 Å². The monoisotopic (exact) mass is 373 g/mol. The summed E-state index contributed by atoms with van der Waals surface area (Å²) in [7, 11) is -3.53. The lowest BCUT2D eigenvalue weighted by molar-refractivity contribution is 0.601. The molecule has 3 aromatic carbocycles. The third-order valence-electron chi connectivity index (χ3n) is 3.06. The van der Waals surface area contributed by atoms with Crippen LogP contribution in [-0.4, -0.2) is 8.42 Å². The standard InChI is InChI=1S/C16H13NO2S.3C2H6/c18-20(19,16-8-2-1-3-9-16)17-15-11-10-13-6-4-5-7-14(13)12-15;3*1-2/h1-12,17H;3*1-2H3. The zero-order valence-corrected chi connectivity index (χ0v) is 17.5. The molecule has 3 nitrogen and oxygen atoms in total. The lowest BCUT2D eigenvalue weighted by Gasteiger charge is -2.08. The molecule has 26 heavy (non-hydrogen) atoms. The van der Waals surface area contributed by atoms with E-state index in [4.69, 9.17) is 0 Å². The highest BCUT2D eigenvalue weighted by atomic mass is 32.2. The number of hydrogen-bond acceptors (Lipinski definition) is 2. The first-order valence-corrected chi connectivity index (χ1v) is 10.7. The van der Waals surface area contributed by atoms with Gasteiger partial charge in [-0.05, 0) is 35.0 Å². The molecule has 0 amide bonds. The van der Waals surface area contributed by atoms with Crippen LogP contribution in [0.2, 0.25) is 0 Å². The van der Waals surface area contributed by atoms with E-state index in [1.807, 2.05) is 77.9 Å². The lowest BCUT2D eigenvalue weighted by Crippen LogP contribution is -2.12. The molecule has 0 bridgehead atoms. The summed E-state index contributed by atoms with van der Waals surface area (Å²) in [5.74, 6) is 0. The normalized spacial score (nSPS) is 9.46. The minimum absolute atomic E-state index is 0.258. The number of rotatable bonds is 3. The molecule has 3 rings (SSSR count). The molecule has 1 N–H and O–H groups in total. The van der Waals surface area contributed by atoms with Gasteiger partial charge in [0.15, 0.2) is 0 Å². The fourth-order valence-electron chi connectivity index (χ4n) is 2.07. The molecule has 0 aromatic heterocycles. The van der Waals surface area contributed by atoms with Crippen molar-refractivity contribution >= 4 is 26.5 Å². The zero-order chi connectivity index (χ0) is 20.0. The van der Waals surface area contributed by atoms with Gasteiger partial charge in [-0.15, -0.1) is 0 Å². The van der Waals surface area contributed by atoms with Crippen molar-refractivity contribution < 1.29 is 8.42 Å². The Morgan fingerprint density at radius 1 is 0.615 bits per heavy atom. The van der Waals surface area contributed by atoms with E-state index < -0.39 is 10.0 Å². The maximum atomic E-state index is 12.2. The van der Waals surface area contributed by atoms with E-state index in [1.54, 1.807) is 36.4 Å². The molecule has 142 valence electrons. The van der Waals surface area contributed by atoms with Crippen molar-refractivity contribution in [3.8, 4) is 0 Å². The maximum Gasteiger partial charge on any atom is 0.261 e. The molecule has 0 atom stereocenters. The Labute approximate surface area is 159 Å². The predicted molar refractivity (Wildman–Crippen MR) is 115 cm³/mol. The fourth-order valence-corrected chi connectivity index (χ4v) is 3.14. The van der Waals surface area contributed by atoms with E-state index in [-0.39, 0.29) is 4.90 Å². The highest BCUT2D eigenvalue weighted by Crippen LogP contribution is 2.21. The first kappa shape index (κ1) is 23.7. The Bertz CT molecular complexity index is 844. The van der Waals surface area contributed by atoms with Gasteiger partial charge in [0.2, 0.25) is 0 Å². The van der Waals surface area contributed by atoms with Gasteiger partial charge in [0.05, 0.1) is 4.90 Å². The SMILES string of the molecule is CC.CC.CC.O=S(=O)(Nc1ccc2ccccc2c1)c1ccccc1. The van der Waals surface area contributed by atoms with Crippen LogP contribution in [-0.2, 0) is 10.0 Å². The molecule has 0 saturated heterocycles. The summed E-state index contributed by atoms with van der Waals surface area (Å²) in [6.45, 7) is 12.0. The molecule has 4 heteroatoms. The second-order valence-corrected chi connectivity index (χ2v) is 6.16. The van der Waals surface area contributed by atoms with Crippen molar-refractivity contribution in [1.29, 1.82) is 0 Å². The molecule has 3 aromatic rings. The van der Waals surface area contributed by atoms with Gasteiger partial charge in [-0.3, -0.25) is 4.72 Å². The summed E-state index contributed by atoms with van der Waals surface area (Å²) in [5, 5.41) is 2.08. The van der Waals surface area contributed by atoms with Crippen molar-refractivity contribution in [1.82, 2.24) is 0 Å². The highest BCUT2D eigenvalue weighted by molar-refractivity contribution is 7.92. The van der Waals surface area contributed by atoms with Gasteiger partial charge in [0.1, 0.15) is 0 Å². The Balaban J connectivity index is 0.000000948. The van der Waals surface area contributed by atoms with Crippen molar-refractivity contribution in [3.05, 3.63) is 72.8 Å². The number of benzene rings is 3. The number of fused-ring (bicyclic) bond motifs is 1. The summed E-state index contributed by atoms with van der Waals surface area (Å²) < 4.78 is 27.1. The molecular formula is C22H31NO2S. The molecule has 0 aliphatic rings. The van der Waals surface area contributed by atoms with Crippen LogP contribution < -0.4 is 4.72 Å². The van der Waals surface area contributed by atoms with Crippen LogP contribution in [0, 0.1) is 0 Å². The Kier molecular flexibility index (Phi) is 11.8. The number of hydrogen-bond donors (Lipinski definition) is 1. The zero-order valence-electron chi connectivity index (χ0n) is 16.7. The third kappa shape index (κ3) is 6.89. The van der Waals surface area contributed by atoms with Crippen LogP contribution in [0.4, 0.5) is 5.69 Å². The molecule has 0 unspecified atom stereocenters. The molecule has 0 saturated carbocycles. The Hall–Kier alpha value is -2.33. The summed E-state index contributed by atoms with van der Waals surface area (Å²) in [6.07, 6.45) is 0. The van der Waals surface area contributed by atoms with Crippen LogP contribution in [0.25, 0.3) is 10.8 Å². The number of nitrogens with one attached hydrogen (secondary N) is 1. The van der Waals surface area contributed by atoms with Gasteiger partial charge >= 0.3 is 0 Å². The first-order chi connectivity index (χ1) is 12.6. The molecule has 0 heterocycles. The second kappa shape index (κ2) is 13.0. The predicted octanol–water partition coefficient (Wildman–Crippen LogP) is 6.72. The third-order valence-corrected chi connectivity index (χ3v) is 4.45. The topological polar surface area (TPSA) is 46.2 Å². The van der Waals surface area contributed by atoms with Crippen LogP contribution >= 0.6 is 0 Å². The van der Waals surface area contributed by atoms with Gasteiger partial charge in [-0.25, -0.2) is 8.42 Å². The van der Waals surface area contributed by atoms with Gasteiger partial charge in [-0.1, -0.05) is 90.1 Å². The molecule has 0 aliphatic carbocycles. The maximum absolute atomic E-state index is 12.2. The van der Waals surface area contributed by atoms with Gasteiger partial charge in [0, 0.05) is 5.69 Å². The van der Waals surface area contributed by atoms with E-state index in [0.29, 0.717) is 5.69 Å². The highest BCUT2D eigenvalue weighted by Gasteiger charge is 2.13. The van der Waals surface area contributed by atoms with Crippen LogP contribution in [0.1, 0.15) is 41.5 Å². The van der Waals surface area contributed by atoms with Crippen molar-refractivity contribution in [2.75, 3.05) is 4.72 Å². The molecular weight excluding hydrogens is 342 g/mol. The van der Waals surface area contributed by atoms with Crippen molar-refractivity contribution in [3.63, 3.8) is 0 Å². The average Bonchev–Trinajstić information content (AvgIpc) is 2.73. The minimum Gasteiger partial charge on any atom is -0.280 e. The number of sulfonamides is 1. The minimum atomic E-state index is -3.53. The number of anilines is 1. The molecule has 0 aliphatic heterocycles. The Morgan fingerprint density at radius 3 is 1.69 bits per heavy atom. The smallest absolute Gasteiger partial charge is 0.261 e. The van der Waals surface area contributed by atoms with Crippen LogP contribution in [0.3, 0.4) is 0 Å². The van der Waals surface area contributed by atoms with Crippen molar-refractivity contribution in [2.24, 2.45) is 0 Å². The van der Waals surface area contributed by atoms with E-state index in [1.165, 1.54) is 0 Å². The second-order valence-electron chi connectivity index (χ2n) is 4.48. The van der Waals surface area contributed by atoms with E-state index in [0.717, 1.165) is 10.8 Å². The largest absolute Gasteiger partial charge is 0.280 e. The fraction of sp³-hybridized carbons (Fsp3) is 0.273. The first-order valence-electron chi connectivity index (χ1n) is 9.22. The summed E-state index contributed by atoms with van der Waals surface area (Å²) >= 11 is 0. The summed E-state index contributed by atoms with van der Waals surface area (Å²) in [6, 6.07) is 21.7. The van der Waals surface area contributed by atoms with Gasteiger partial charge < -0.3 is 0 Å².